The summed E-state index contributed by atoms with van der Waals surface area (Å²) in [6, 6.07) is -0.909. The first-order valence-corrected chi connectivity index (χ1v) is 5.53. The molecule has 2 amide bonds. The third kappa shape index (κ3) is 5.33. The minimum Gasteiger partial charge on any atom is -0.480 e. The van der Waals surface area contributed by atoms with Crippen molar-refractivity contribution in [1.29, 1.82) is 0 Å². The van der Waals surface area contributed by atoms with E-state index < -0.39 is 17.9 Å². The summed E-state index contributed by atoms with van der Waals surface area (Å²) in [7, 11) is 1.49. The highest BCUT2D eigenvalue weighted by Gasteiger charge is 2.25. The van der Waals surface area contributed by atoms with Crippen LogP contribution in [-0.4, -0.2) is 47.4 Å². The fourth-order valence-electron chi connectivity index (χ4n) is 1.23. The van der Waals surface area contributed by atoms with Gasteiger partial charge in [-0.15, -0.1) is 0 Å². The molecule has 0 rings (SSSR count). The van der Waals surface area contributed by atoms with E-state index >= 15 is 0 Å². The summed E-state index contributed by atoms with van der Waals surface area (Å²) in [6.07, 6.45) is 0.653. The van der Waals surface area contributed by atoms with Gasteiger partial charge >= 0.3 is 5.97 Å². The normalized spacial score (nSPS) is 13.6. The number of carbonyl (C=O) groups excluding carboxylic acids is 2. The van der Waals surface area contributed by atoms with Gasteiger partial charge in [-0.25, -0.2) is 4.79 Å². The van der Waals surface area contributed by atoms with Crippen molar-refractivity contribution in [1.82, 2.24) is 10.2 Å². The second-order valence-electron chi connectivity index (χ2n) is 4.14. The van der Waals surface area contributed by atoms with Gasteiger partial charge in [-0.2, -0.15) is 0 Å². The van der Waals surface area contributed by atoms with Gasteiger partial charge in [0.25, 0.3) is 0 Å². The lowest BCUT2D eigenvalue weighted by molar-refractivity contribution is -0.143. The first kappa shape index (κ1) is 15.4. The molecule has 0 aromatic rings. The molecule has 98 valence electrons. The number of hydrogen-bond donors (Lipinski definition) is 2. The van der Waals surface area contributed by atoms with E-state index in [1.807, 2.05) is 6.92 Å². The van der Waals surface area contributed by atoms with E-state index in [2.05, 4.69) is 5.32 Å². The summed E-state index contributed by atoms with van der Waals surface area (Å²) in [5, 5.41) is 11.4. The predicted molar refractivity (Wildman–Crippen MR) is 62.3 cm³/mol. The molecular formula is C11H20N2O4. The lowest BCUT2D eigenvalue weighted by Crippen LogP contribution is -2.48. The number of carbonyl (C=O) groups is 3. The van der Waals surface area contributed by atoms with Crippen LogP contribution in [0.3, 0.4) is 0 Å². The first-order valence-electron chi connectivity index (χ1n) is 5.53. The van der Waals surface area contributed by atoms with Gasteiger partial charge in [0.05, 0.1) is 6.54 Å². The van der Waals surface area contributed by atoms with Crippen molar-refractivity contribution in [3.63, 3.8) is 0 Å². The average Bonchev–Trinajstić information content (AvgIpc) is 2.24. The molecule has 0 aromatic heterocycles. The summed E-state index contributed by atoms with van der Waals surface area (Å²) in [4.78, 5) is 34.6. The molecule has 6 heteroatoms. The highest BCUT2D eigenvalue weighted by molar-refractivity contribution is 5.87. The van der Waals surface area contributed by atoms with E-state index in [1.165, 1.54) is 18.9 Å². The minimum atomic E-state index is -1.06. The topological polar surface area (TPSA) is 86.7 Å². The van der Waals surface area contributed by atoms with Gasteiger partial charge in [0.2, 0.25) is 11.8 Å². The number of hydrogen-bond acceptors (Lipinski definition) is 3. The molecular weight excluding hydrogens is 224 g/mol. The van der Waals surface area contributed by atoms with Crippen molar-refractivity contribution < 1.29 is 19.5 Å². The van der Waals surface area contributed by atoms with Crippen LogP contribution in [0.1, 0.15) is 27.2 Å². The smallest absolute Gasteiger partial charge is 0.326 e. The molecule has 2 atom stereocenters. The van der Waals surface area contributed by atoms with Crippen molar-refractivity contribution >= 4 is 17.8 Å². The molecule has 6 nitrogen and oxygen atoms in total. The van der Waals surface area contributed by atoms with Crippen molar-refractivity contribution in [2.45, 2.75) is 33.2 Å². The van der Waals surface area contributed by atoms with Crippen LogP contribution < -0.4 is 5.32 Å². The maximum absolute atomic E-state index is 11.5. The number of rotatable bonds is 6. The molecule has 0 unspecified atom stereocenters. The monoisotopic (exact) mass is 244 g/mol. The maximum Gasteiger partial charge on any atom is 0.326 e. The van der Waals surface area contributed by atoms with Crippen LogP contribution in [0.25, 0.3) is 0 Å². The number of nitrogens with one attached hydrogen (secondary N) is 1. The maximum atomic E-state index is 11.5. The molecule has 0 aliphatic carbocycles. The van der Waals surface area contributed by atoms with Crippen LogP contribution in [0.15, 0.2) is 0 Å². The van der Waals surface area contributed by atoms with Crippen molar-refractivity contribution in [3.8, 4) is 0 Å². The lowest BCUT2D eigenvalue weighted by Gasteiger charge is -2.22. The highest BCUT2D eigenvalue weighted by atomic mass is 16.4. The van der Waals surface area contributed by atoms with E-state index in [9.17, 15) is 14.4 Å². The Morgan fingerprint density at radius 2 is 1.88 bits per heavy atom. The zero-order valence-corrected chi connectivity index (χ0v) is 10.7. The summed E-state index contributed by atoms with van der Waals surface area (Å²) >= 11 is 0. The number of likely N-dealkylation sites (N-methyl/N-ethyl adjacent to an activating group) is 1. The average molecular weight is 244 g/mol. The molecule has 0 heterocycles. The Hall–Kier alpha value is -1.59. The Balaban J connectivity index is 4.42. The molecule has 0 saturated heterocycles. The molecule has 17 heavy (non-hydrogen) atoms. The van der Waals surface area contributed by atoms with Gasteiger partial charge in [-0.1, -0.05) is 20.3 Å². The number of nitrogens with zero attached hydrogens (tertiary/aromatic N) is 1. The van der Waals surface area contributed by atoms with Crippen LogP contribution >= 0.6 is 0 Å². The summed E-state index contributed by atoms with van der Waals surface area (Å²) in [5.41, 5.74) is 0. The molecule has 2 N–H and O–H groups in total. The van der Waals surface area contributed by atoms with E-state index in [-0.39, 0.29) is 18.4 Å². The quantitative estimate of drug-likeness (QED) is 0.692. The van der Waals surface area contributed by atoms with Crippen LogP contribution in [0.2, 0.25) is 0 Å². The standard InChI is InChI=1S/C11H20N2O4/c1-5-7(2)10(11(16)17)12-9(15)6-13(4)8(3)14/h7,10H,5-6H2,1-4H3,(H,12,15)(H,16,17)/t7-,10-/m0/s1. The van der Waals surface area contributed by atoms with E-state index in [0.29, 0.717) is 6.42 Å². The number of carboxylic acid groups (broad SMARTS) is 1. The third-order valence-electron chi connectivity index (χ3n) is 2.71. The Morgan fingerprint density at radius 3 is 2.24 bits per heavy atom. The van der Waals surface area contributed by atoms with Crippen molar-refractivity contribution in [2.75, 3.05) is 13.6 Å². The Morgan fingerprint density at radius 1 is 1.35 bits per heavy atom. The molecule has 0 aromatic carbocycles. The second-order valence-corrected chi connectivity index (χ2v) is 4.14. The number of aliphatic carboxylic acids is 1. The first-order chi connectivity index (χ1) is 7.79. The molecule has 0 aliphatic heterocycles. The zero-order valence-electron chi connectivity index (χ0n) is 10.7. The molecule has 0 aliphatic rings. The second kappa shape index (κ2) is 6.88. The van der Waals surface area contributed by atoms with Gasteiger partial charge in [-0.05, 0) is 5.92 Å². The van der Waals surface area contributed by atoms with Gasteiger partial charge in [0, 0.05) is 14.0 Å². The van der Waals surface area contributed by atoms with Crippen molar-refractivity contribution in [2.24, 2.45) is 5.92 Å². The largest absolute Gasteiger partial charge is 0.480 e. The SMILES string of the molecule is CC[C@H](C)[C@H](NC(=O)CN(C)C(C)=O)C(=O)O. The predicted octanol–water partition coefficient (Wildman–Crippen LogP) is 0.0802. The van der Waals surface area contributed by atoms with Gasteiger partial charge in [-0.3, -0.25) is 9.59 Å². The fraction of sp³-hybridized carbons (Fsp3) is 0.727. The Bertz CT molecular complexity index is 304. The molecule has 0 radical (unpaired) electrons. The highest BCUT2D eigenvalue weighted by Crippen LogP contribution is 2.07. The molecule has 0 saturated carbocycles. The van der Waals surface area contributed by atoms with E-state index in [1.54, 1.807) is 6.92 Å². The molecule has 0 spiro atoms. The van der Waals surface area contributed by atoms with Crippen molar-refractivity contribution in [3.05, 3.63) is 0 Å². The fourth-order valence-corrected chi connectivity index (χ4v) is 1.23. The van der Waals surface area contributed by atoms with Crippen LogP contribution in [-0.2, 0) is 14.4 Å². The minimum absolute atomic E-state index is 0.129. The van der Waals surface area contributed by atoms with Gasteiger partial charge < -0.3 is 15.3 Å². The zero-order chi connectivity index (χ0) is 13.6. The van der Waals surface area contributed by atoms with Crippen LogP contribution in [0, 0.1) is 5.92 Å². The molecule has 0 fully saturated rings. The third-order valence-corrected chi connectivity index (χ3v) is 2.71. The van der Waals surface area contributed by atoms with Gasteiger partial charge in [0.1, 0.15) is 6.04 Å². The van der Waals surface area contributed by atoms with Gasteiger partial charge in [0.15, 0.2) is 0 Å². The Kier molecular flexibility index (Phi) is 6.23. The summed E-state index contributed by atoms with van der Waals surface area (Å²) in [6.45, 7) is 4.83. The summed E-state index contributed by atoms with van der Waals surface area (Å²) < 4.78 is 0. The number of carboxylic acids is 1. The van der Waals surface area contributed by atoms with Crippen LogP contribution in [0.4, 0.5) is 0 Å². The van der Waals surface area contributed by atoms with Crippen LogP contribution in [0.5, 0.6) is 0 Å². The Labute approximate surface area is 101 Å². The number of amides is 2. The lowest BCUT2D eigenvalue weighted by atomic mass is 9.99. The van der Waals surface area contributed by atoms with E-state index in [0.717, 1.165) is 0 Å². The molecule has 0 bridgehead atoms. The summed E-state index contributed by atoms with van der Waals surface area (Å²) in [5.74, 6) is -1.91. The van der Waals surface area contributed by atoms with E-state index in [4.69, 9.17) is 5.11 Å².